The molecule has 0 radical (unpaired) electrons. The Bertz CT molecular complexity index is 1190. The molecule has 1 aromatic heterocycles. The van der Waals surface area contributed by atoms with Gasteiger partial charge in [0, 0.05) is 40.7 Å². The number of halogens is 1. The summed E-state index contributed by atoms with van der Waals surface area (Å²) in [6.07, 6.45) is 1.91. The molecular formula is C25H24ClNO5. The van der Waals surface area contributed by atoms with Crippen molar-refractivity contribution in [2.45, 2.75) is 32.8 Å². The minimum atomic E-state index is -0.467. The molecule has 0 atom stereocenters. The number of likely N-dealkylation sites (tertiary alicyclic amines) is 1. The molecule has 0 spiro atoms. The molecule has 1 fully saturated rings. The molecule has 2 aromatic carbocycles. The minimum absolute atomic E-state index is 0.0102. The topological polar surface area (TPSA) is 76.8 Å². The van der Waals surface area contributed by atoms with E-state index in [2.05, 4.69) is 0 Å². The van der Waals surface area contributed by atoms with Gasteiger partial charge < -0.3 is 14.1 Å². The van der Waals surface area contributed by atoms with Gasteiger partial charge in [0.2, 0.25) is 0 Å². The summed E-state index contributed by atoms with van der Waals surface area (Å²) in [6, 6.07) is 13.9. The smallest absolute Gasteiger partial charge is 0.336 e. The third kappa shape index (κ3) is 4.86. The van der Waals surface area contributed by atoms with Gasteiger partial charge in [-0.3, -0.25) is 9.59 Å². The second-order valence-electron chi connectivity index (χ2n) is 7.96. The molecule has 166 valence electrons. The van der Waals surface area contributed by atoms with Crippen molar-refractivity contribution in [3.05, 3.63) is 80.7 Å². The van der Waals surface area contributed by atoms with Crippen molar-refractivity contribution in [3.63, 3.8) is 0 Å². The maximum Gasteiger partial charge on any atom is 0.336 e. The zero-order chi connectivity index (χ0) is 22.7. The summed E-state index contributed by atoms with van der Waals surface area (Å²) in [7, 11) is 0. The largest absolute Gasteiger partial charge is 0.461 e. The van der Waals surface area contributed by atoms with Gasteiger partial charge in [0.05, 0.1) is 5.92 Å². The monoisotopic (exact) mass is 453 g/mol. The predicted molar refractivity (Wildman–Crippen MR) is 122 cm³/mol. The van der Waals surface area contributed by atoms with Gasteiger partial charge in [0.15, 0.2) is 0 Å². The van der Waals surface area contributed by atoms with Crippen molar-refractivity contribution in [2.75, 3.05) is 13.1 Å². The molecule has 1 aliphatic rings. The standard InChI is InChI=1S/C25H24ClNO5/c1-2-16-3-8-21-19(14-23(28)32-22(21)13-16)15-31-25(30)18-9-11-27(12-10-18)24(29)17-4-6-20(26)7-5-17/h3-8,13-14,18H,2,9-12,15H2,1H3. The van der Waals surface area contributed by atoms with E-state index in [4.69, 9.17) is 20.8 Å². The van der Waals surface area contributed by atoms with E-state index in [0.29, 0.717) is 47.7 Å². The third-order valence-electron chi connectivity index (χ3n) is 5.88. The zero-order valence-electron chi connectivity index (χ0n) is 17.8. The first-order chi connectivity index (χ1) is 15.4. The fourth-order valence-corrected chi connectivity index (χ4v) is 4.10. The van der Waals surface area contributed by atoms with E-state index in [-0.39, 0.29) is 24.4 Å². The Morgan fingerprint density at radius 1 is 1.09 bits per heavy atom. The van der Waals surface area contributed by atoms with Crippen molar-refractivity contribution in [1.29, 1.82) is 0 Å². The third-order valence-corrected chi connectivity index (χ3v) is 6.13. The van der Waals surface area contributed by atoms with E-state index < -0.39 is 5.63 Å². The molecule has 32 heavy (non-hydrogen) atoms. The average molecular weight is 454 g/mol. The Hall–Kier alpha value is -3.12. The van der Waals surface area contributed by atoms with Crippen LogP contribution >= 0.6 is 11.6 Å². The zero-order valence-corrected chi connectivity index (χ0v) is 18.6. The molecule has 2 heterocycles. The van der Waals surface area contributed by atoms with Crippen LogP contribution in [0.25, 0.3) is 11.0 Å². The van der Waals surface area contributed by atoms with E-state index in [9.17, 15) is 14.4 Å². The molecule has 7 heteroatoms. The minimum Gasteiger partial charge on any atom is -0.461 e. The highest BCUT2D eigenvalue weighted by molar-refractivity contribution is 6.30. The Balaban J connectivity index is 1.36. The van der Waals surface area contributed by atoms with Crippen molar-refractivity contribution < 1.29 is 18.7 Å². The fourth-order valence-electron chi connectivity index (χ4n) is 3.97. The number of aryl methyl sites for hydroxylation is 1. The first-order valence-corrected chi connectivity index (χ1v) is 11.1. The van der Waals surface area contributed by atoms with Crippen LogP contribution in [-0.2, 0) is 22.6 Å². The second-order valence-corrected chi connectivity index (χ2v) is 8.39. The van der Waals surface area contributed by atoms with Crippen LogP contribution in [0.2, 0.25) is 5.02 Å². The summed E-state index contributed by atoms with van der Waals surface area (Å²) in [5, 5.41) is 1.34. The molecule has 1 amide bonds. The van der Waals surface area contributed by atoms with Crippen LogP contribution in [0.1, 0.15) is 41.3 Å². The molecule has 4 rings (SSSR count). The highest BCUT2D eigenvalue weighted by Gasteiger charge is 2.29. The highest BCUT2D eigenvalue weighted by Crippen LogP contribution is 2.23. The molecule has 0 N–H and O–H groups in total. The lowest BCUT2D eigenvalue weighted by Crippen LogP contribution is -2.40. The van der Waals surface area contributed by atoms with Crippen LogP contribution in [0.5, 0.6) is 0 Å². The van der Waals surface area contributed by atoms with E-state index in [0.717, 1.165) is 17.4 Å². The summed E-state index contributed by atoms with van der Waals surface area (Å²) in [6.45, 7) is 3.01. The molecular weight excluding hydrogens is 430 g/mol. The molecule has 0 bridgehead atoms. The summed E-state index contributed by atoms with van der Waals surface area (Å²) >= 11 is 5.89. The van der Waals surface area contributed by atoms with Crippen molar-refractivity contribution in [1.82, 2.24) is 4.90 Å². The molecule has 1 saturated heterocycles. The van der Waals surface area contributed by atoms with Crippen LogP contribution in [0.3, 0.4) is 0 Å². The molecule has 1 aliphatic heterocycles. The number of esters is 1. The number of rotatable bonds is 5. The van der Waals surface area contributed by atoms with Gasteiger partial charge in [-0.05, 0) is 55.2 Å². The maximum absolute atomic E-state index is 12.6. The van der Waals surface area contributed by atoms with Crippen molar-refractivity contribution in [3.8, 4) is 0 Å². The van der Waals surface area contributed by atoms with Gasteiger partial charge >= 0.3 is 11.6 Å². The van der Waals surface area contributed by atoms with Gasteiger partial charge in [-0.15, -0.1) is 0 Å². The van der Waals surface area contributed by atoms with Crippen molar-refractivity contribution >= 4 is 34.4 Å². The summed E-state index contributed by atoms with van der Waals surface area (Å²) < 4.78 is 10.8. The summed E-state index contributed by atoms with van der Waals surface area (Å²) in [5.41, 5.74) is 2.30. The second kappa shape index (κ2) is 9.57. The number of amides is 1. The first-order valence-electron chi connectivity index (χ1n) is 10.7. The number of ether oxygens (including phenoxy) is 1. The number of benzene rings is 2. The van der Waals surface area contributed by atoms with Gasteiger partial charge in [-0.1, -0.05) is 30.7 Å². The number of piperidine rings is 1. The lowest BCUT2D eigenvalue weighted by atomic mass is 9.96. The van der Waals surface area contributed by atoms with E-state index in [1.165, 1.54) is 6.07 Å². The average Bonchev–Trinajstić information content (AvgIpc) is 2.82. The SMILES string of the molecule is CCc1ccc2c(COC(=O)C3CCN(C(=O)c4ccc(Cl)cc4)CC3)cc(=O)oc2c1. The Morgan fingerprint density at radius 2 is 1.81 bits per heavy atom. The van der Waals surface area contributed by atoms with Crippen LogP contribution < -0.4 is 5.63 Å². The number of nitrogens with zero attached hydrogens (tertiary/aromatic N) is 1. The Labute approximate surface area is 190 Å². The molecule has 3 aromatic rings. The number of fused-ring (bicyclic) bond motifs is 1. The molecule has 0 unspecified atom stereocenters. The highest BCUT2D eigenvalue weighted by atomic mass is 35.5. The first kappa shape index (κ1) is 22.1. The quantitative estimate of drug-likeness (QED) is 0.416. The van der Waals surface area contributed by atoms with Crippen LogP contribution in [0.4, 0.5) is 0 Å². The Kier molecular flexibility index (Phi) is 6.61. The molecule has 0 saturated carbocycles. The number of carbonyl (C=O) groups excluding carboxylic acids is 2. The van der Waals surface area contributed by atoms with Gasteiger partial charge in [-0.2, -0.15) is 0 Å². The fraction of sp³-hybridized carbons (Fsp3) is 0.320. The van der Waals surface area contributed by atoms with Crippen LogP contribution in [0.15, 0.2) is 57.7 Å². The normalized spacial score (nSPS) is 14.5. The number of hydrogen-bond acceptors (Lipinski definition) is 5. The van der Waals surface area contributed by atoms with Crippen LogP contribution in [0, 0.1) is 5.92 Å². The number of carbonyl (C=O) groups is 2. The summed E-state index contributed by atoms with van der Waals surface area (Å²) in [4.78, 5) is 38.9. The predicted octanol–water partition coefficient (Wildman–Crippen LogP) is 4.60. The van der Waals surface area contributed by atoms with Crippen LogP contribution in [-0.4, -0.2) is 29.9 Å². The van der Waals surface area contributed by atoms with E-state index in [1.54, 1.807) is 29.2 Å². The Morgan fingerprint density at radius 3 is 2.50 bits per heavy atom. The van der Waals surface area contributed by atoms with E-state index in [1.807, 2.05) is 25.1 Å². The van der Waals surface area contributed by atoms with Crippen molar-refractivity contribution in [2.24, 2.45) is 5.92 Å². The lowest BCUT2D eigenvalue weighted by Gasteiger charge is -2.31. The lowest BCUT2D eigenvalue weighted by molar-refractivity contribution is -0.151. The van der Waals surface area contributed by atoms with Gasteiger partial charge in [0.1, 0.15) is 12.2 Å². The number of hydrogen-bond donors (Lipinski definition) is 0. The van der Waals surface area contributed by atoms with E-state index >= 15 is 0 Å². The maximum atomic E-state index is 12.6. The summed E-state index contributed by atoms with van der Waals surface area (Å²) in [5.74, 6) is -0.653. The van der Waals surface area contributed by atoms with Gasteiger partial charge in [-0.25, -0.2) is 4.79 Å². The van der Waals surface area contributed by atoms with Gasteiger partial charge in [0.25, 0.3) is 5.91 Å². The molecule has 6 nitrogen and oxygen atoms in total. The molecule has 0 aliphatic carbocycles.